The maximum atomic E-state index is 13.0. The summed E-state index contributed by atoms with van der Waals surface area (Å²) in [5, 5.41) is 2.79. The highest BCUT2D eigenvalue weighted by atomic mass is 35.7. The summed E-state index contributed by atoms with van der Waals surface area (Å²) in [6, 6.07) is 16.6. The summed E-state index contributed by atoms with van der Waals surface area (Å²) >= 11 is 1.68. The maximum Gasteiger partial charge on any atom is 0.346 e. The Morgan fingerprint density at radius 2 is 1.66 bits per heavy atom. The van der Waals surface area contributed by atoms with Crippen molar-refractivity contribution < 1.29 is 47.8 Å². The summed E-state index contributed by atoms with van der Waals surface area (Å²) in [5.41, 5.74) is 6.04. The van der Waals surface area contributed by atoms with Gasteiger partial charge in [-0.2, -0.15) is 4.99 Å². The van der Waals surface area contributed by atoms with Gasteiger partial charge < -0.3 is 9.15 Å². The lowest BCUT2D eigenvalue weighted by atomic mass is 9.95. The smallest absolute Gasteiger partial charge is 0.346 e. The third kappa shape index (κ3) is 6.87. The number of halogens is 1. The van der Waals surface area contributed by atoms with E-state index in [0.29, 0.717) is 12.2 Å². The van der Waals surface area contributed by atoms with Gasteiger partial charge in [0.05, 0.1) is 18.1 Å². The zero-order valence-electron chi connectivity index (χ0n) is 21.3. The standard InChI is InChI=1S/C28H27NO3S.ClHO4/c1-4-31-28(30)26-20-7-5-6-8-25(20)33-27(26)29-22-16-24(19-12-9-17(2)10-13-19)32-23-14-11-18(3)15-21(22)23;2-1(3,4)5/h9-16H,4-8H2,1-3H3;(H,2,3,4,5)/b29-22+;. The molecular weight excluding hydrogens is 530 g/mol. The molecule has 2 aromatic heterocycles. The second-order valence-electron chi connectivity index (χ2n) is 9.03. The minimum Gasteiger partial charge on any atom is -0.462 e. The highest BCUT2D eigenvalue weighted by Gasteiger charge is 2.29. The number of ether oxygens (including phenoxy) is 1. The average molecular weight is 558 g/mol. The van der Waals surface area contributed by atoms with Crippen LogP contribution in [0.2, 0.25) is 0 Å². The van der Waals surface area contributed by atoms with E-state index >= 15 is 0 Å². The van der Waals surface area contributed by atoms with E-state index in [4.69, 9.17) is 27.8 Å². The molecule has 10 heteroatoms. The Labute approximate surface area is 226 Å². The first kappa shape index (κ1) is 28.0. The van der Waals surface area contributed by atoms with Gasteiger partial charge in [0.15, 0.2) is 0 Å². The van der Waals surface area contributed by atoms with E-state index in [1.807, 2.05) is 19.1 Å². The van der Waals surface area contributed by atoms with Crippen LogP contribution >= 0.6 is 11.3 Å². The van der Waals surface area contributed by atoms with Gasteiger partial charge in [-0.3, -0.25) is 0 Å². The minimum atomic E-state index is -4.94. The van der Waals surface area contributed by atoms with Crippen LogP contribution in [0.5, 0.6) is 0 Å². The molecular formula is C28H28ClNO7S. The van der Waals surface area contributed by atoms with Crippen LogP contribution in [-0.4, -0.2) is 12.6 Å². The summed E-state index contributed by atoms with van der Waals surface area (Å²) in [4.78, 5) is 17.9. The highest BCUT2D eigenvalue weighted by Crippen LogP contribution is 2.36. The fraction of sp³-hybridized carbons (Fsp3) is 0.286. The van der Waals surface area contributed by atoms with E-state index in [1.54, 1.807) is 11.3 Å². The largest absolute Gasteiger partial charge is 0.462 e. The molecule has 0 spiro atoms. The van der Waals surface area contributed by atoms with Gasteiger partial charge in [-0.05, 0) is 64.2 Å². The number of aryl methyl sites for hydroxylation is 3. The van der Waals surface area contributed by atoms with Gasteiger partial charge in [0, 0.05) is 10.4 Å². The number of esters is 1. The predicted octanol–water partition coefficient (Wildman–Crippen LogP) is 0.391. The second kappa shape index (κ2) is 11.8. The number of hydrogen-bond acceptors (Lipinski definition) is 8. The van der Waals surface area contributed by atoms with E-state index in [0.717, 1.165) is 63.0 Å². The van der Waals surface area contributed by atoms with Gasteiger partial charge in [-0.1, -0.05) is 52.8 Å². The molecule has 2 heterocycles. The molecule has 0 saturated carbocycles. The summed E-state index contributed by atoms with van der Waals surface area (Å²) in [5.74, 6) is 0.548. The molecule has 0 atom stereocenters. The van der Waals surface area contributed by atoms with Gasteiger partial charge in [0.1, 0.15) is 16.9 Å². The van der Waals surface area contributed by atoms with Crippen LogP contribution in [0.4, 0.5) is 5.00 Å². The highest BCUT2D eigenvalue weighted by molar-refractivity contribution is 7.15. The van der Waals surface area contributed by atoms with Gasteiger partial charge in [-0.15, -0.1) is 10.2 Å². The first-order chi connectivity index (χ1) is 18.0. The molecule has 0 unspecified atom stereocenters. The van der Waals surface area contributed by atoms with E-state index < -0.39 is 10.2 Å². The Hall–Kier alpha value is -3.05. The molecule has 2 aromatic carbocycles. The predicted molar refractivity (Wildman–Crippen MR) is 132 cm³/mol. The molecule has 4 aromatic rings. The molecule has 8 nitrogen and oxygen atoms in total. The van der Waals surface area contributed by atoms with Crippen LogP contribution in [0, 0.1) is 24.1 Å². The van der Waals surface area contributed by atoms with E-state index in [9.17, 15) is 4.79 Å². The summed E-state index contributed by atoms with van der Waals surface area (Å²) in [7, 11) is -4.94. The Morgan fingerprint density at radius 1 is 1.00 bits per heavy atom. The van der Waals surface area contributed by atoms with Crippen LogP contribution in [0.3, 0.4) is 0 Å². The quantitative estimate of drug-likeness (QED) is 0.357. The molecule has 0 amide bonds. The molecule has 1 aliphatic rings. The van der Waals surface area contributed by atoms with E-state index in [1.165, 1.54) is 16.9 Å². The maximum absolute atomic E-state index is 13.0. The SMILES string of the molecule is CCOC(=O)c1c(/[NH+]=c2\cc(-c3ccc(C)cc3)oc3ccc(C)cc23)sc2c1CCCC2.[O-][Cl+3]([O-])([O-])[O-]. The molecule has 200 valence electrons. The van der Waals surface area contributed by atoms with E-state index in [-0.39, 0.29) is 5.97 Å². The summed E-state index contributed by atoms with van der Waals surface area (Å²) in [6.45, 7) is 6.37. The number of hydrogen-bond donors (Lipinski definition) is 1. The van der Waals surface area contributed by atoms with Crippen molar-refractivity contribution in [1.82, 2.24) is 0 Å². The van der Waals surface area contributed by atoms with Gasteiger partial charge in [-0.25, -0.2) is 23.4 Å². The van der Waals surface area contributed by atoms with E-state index in [2.05, 4.69) is 55.2 Å². The van der Waals surface area contributed by atoms with Crippen molar-refractivity contribution in [2.24, 2.45) is 0 Å². The van der Waals surface area contributed by atoms with Gasteiger partial charge in [0.2, 0.25) is 5.36 Å². The van der Waals surface area contributed by atoms with Crippen molar-refractivity contribution in [1.29, 1.82) is 0 Å². The van der Waals surface area contributed by atoms with Crippen molar-refractivity contribution >= 4 is 33.3 Å². The van der Waals surface area contributed by atoms with Crippen molar-refractivity contribution in [3.8, 4) is 11.3 Å². The molecule has 0 saturated heterocycles. The molecule has 0 fully saturated rings. The Kier molecular flexibility index (Phi) is 8.67. The fourth-order valence-electron chi connectivity index (χ4n) is 4.46. The molecule has 0 radical (unpaired) electrons. The van der Waals surface area contributed by atoms with Crippen LogP contribution in [-0.2, 0) is 17.6 Å². The van der Waals surface area contributed by atoms with Crippen molar-refractivity contribution in [3.05, 3.63) is 81.0 Å². The lowest BCUT2D eigenvalue weighted by Gasteiger charge is -2.17. The molecule has 0 bridgehead atoms. The molecule has 38 heavy (non-hydrogen) atoms. The molecule has 5 rings (SSSR count). The first-order valence-corrected chi connectivity index (χ1v) is 14.2. The van der Waals surface area contributed by atoms with Gasteiger partial charge in [0.25, 0.3) is 5.00 Å². The molecule has 0 aliphatic heterocycles. The zero-order valence-corrected chi connectivity index (χ0v) is 22.9. The number of nitrogens with one attached hydrogen (secondary N) is 1. The zero-order chi connectivity index (χ0) is 27.4. The number of carbonyl (C=O) groups is 1. The third-order valence-corrected chi connectivity index (χ3v) is 7.36. The molecule has 1 N–H and O–H groups in total. The number of carbonyl (C=O) groups excluding carboxylic acids is 1. The summed E-state index contributed by atoms with van der Waals surface area (Å²) < 4.78 is 45.7. The Bertz CT molecular complexity index is 1510. The lowest BCUT2D eigenvalue weighted by molar-refractivity contribution is -2.00. The minimum absolute atomic E-state index is 0.237. The number of thiophene rings is 1. The lowest BCUT2D eigenvalue weighted by Crippen LogP contribution is -2.70. The Balaban J connectivity index is 0.000000617. The monoisotopic (exact) mass is 557 g/mol. The second-order valence-corrected chi connectivity index (χ2v) is 10.9. The Morgan fingerprint density at radius 3 is 2.34 bits per heavy atom. The first-order valence-electron chi connectivity index (χ1n) is 12.2. The third-order valence-electron chi connectivity index (χ3n) is 6.16. The average Bonchev–Trinajstić information content (AvgIpc) is 3.22. The number of fused-ring (bicyclic) bond motifs is 2. The topological polar surface area (TPSA) is 146 Å². The normalized spacial score (nSPS) is 13.6. The van der Waals surface area contributed by atoms with Crippen LogP contribution in [0.25, 0.3) is 22.3 Å². The molecule has 1 aliphatic carbocycles. The van der Waals surface area contributed by atoms with Crippen LogP contribution in [0.15, 0.2) is 52.9 Å². The summed E-state index contributed by atoms with van der Waals surface area (Å²) in [6.07, 6.45) is 4.23. The van der Waals surface area contributed by atoms with Crippen LogP contribution < -0.4 is 29.0 Å². The van der Waals surface area contributed by atoms with Gasteiger partial charge >= 0.3 is 5.97 Å². The van der Waals surface area contributed by atoms with Crippen molar-refractivity contribution in [2.45, 2.75) is 46.5 Å². The number of benzene rings is 2. The number of rotatable bonds is 4. The van der Waals surface area contributed by atoms with Crippen molar-refractivity contribution in [2.75, 3.05) is 6.61 Å². The fourth-order valence-corrected chi connectivity index (χ4v) is 5.75. The van der Waals surface area contributed by atoms with Crippen molar-refractivity contribution in [3.63, 3.8) is 0 Å². The van der Waals surface area contributed by atoms with Crippen LogP contribution in [0.1, 0.15) is 51.7 Å².